The highest BCUT2D eigenvalue weighted by atomic mass is 32.2. The summed E-state index contributed by atoms with van der Waals surface area (Å²) in [5, 5.41) is 5.61. The van der Waals surface area contributed by atoms with Crippen LogP contribution in [0.15, 0.2) is 12.3 Å². The third kappa shape index (κ3) is 4.36. The Bertz CT molecular complexity index is 783. The number of hydrogen-bond acceptors (Lipinski definition) is 5. The highest BCUT2D eigenvalue weighted by molar-refractivity contribution is 7.92. The van der Waals surface area contributed by atoms with E-state index < -0.39 is 10.0 Å². The minimum Gasteiger partial charge on any atom is -0.376 e. The molecule has 9 nitrogen and oxygen atoms in total. The third-order valence-electron chi connectivity index (χ3n) is 4.60. The summed E-state index contributed by atoms with van der Waals surface area (Å²) in [6.45, 7) is 3.07. The number of anilines is 1. The molecule has 3 rings (SSSR count). The number of rotatable bonds is 7. The van der Waals surface area contributed by atoms with Crippen LogP contribution < -0.4 is 15.4 Å². The summed E-state index contributed by atoms with van der Waals surface area (Å²) in [5.41, 5.74) is 0.658. The van der Waals surface area contributed by atoms with E-state index in [9.17, 15) is 18.0 Å². The summed E-state index contributed by atoms with van der Waals surface area (Å²) < 4.78 is 33.1. The van der Waals surface area contributed by atoms with E-state index in [-0.39, 0.29) is 36.1 Å². The maximum absolute atomic E-state index is 12.2. The van der Waals surface area contributed by atoms with Crippen molar-refractivity contribution in [3.8, 4) is 0 Å². The summed E-state index contributed by atoms with van der Waals surface area (Å²) in [6, 6.07) is 1.21. The summed E-state index contributed by atoms with van der Waals surface area (Å²) in [5.74, 6) is -0.477. The molecule has 2 aliphatic rings. The van der Waals surface area contributed by atoms with Gasteiger partial charge in [-0.1, -0.05) is 0 Å². The Hall–Kier alpha value is -2.07. The molecule has 2 atom stereocenters. The average Bonchev–Trinajstić information content (AvgIpc) is 3.25. The van der Waals surface area contributed by atoms with Crippen molar-refractivity contribution in [2.75, 3.05) is 30.2 Å². The molecule has 0 saturated carbocycles. The van der Waals surface area contributed by atoms with Crippen LogP contribution in [0.3, 0.4) is 0 Å². The molecule has 0 bridgehead atoms. The molecular formula is C16H24N4O5S. The Morgan fingerprint density at radius 3 is 2.96 bits per heavy atom. The molecule has 2 aliphatic heterocycles. The first-order valence-electron chi connectivity index (χ1n) is 8.77. The summed E-state index contributed by atoms with van der Waals surface area (Å²) in [6.07, 6.45) is 3.79. The van der Waals surface area contributed by atoms with Crippen molar-refractivity contribution in [1.29, 1.82) is 0 Å². The van der Waals surface area contributed by atoms with Gasteiger partial charge in [-0.05, 0) is 25.8 Å². The first kappa shape index (κ1) is 18.7. The smallest absolute Gasteiger partial charge is 0.268 e. The van der Waals surface area contributed by atoms with Gasteiger partial charge in [0.2, 0.25) is 15.9 Å². The Balaban J connectivity index is 1.66. The number of carbonyl (C=O) groups excluding carboxylic acids is 2. The van der Waals surface area contributed by atoms with Gasteiger partial charge in [-0.25, -0.2) is 8.42 Å². The third-order valence-corrected chi connectivity index (χ3v) is 5.90. The number of nitrogens with zero attached hydrogens (tertiary/aromatic N) is 1. The lowest BCUT2D eigenvalue weighted by Gasteiger charge is -2.26. The predicted octanol–water partition coefficient (Wildman–Crippen LogP) is 0.220. The molecule has 26 heavy (non-hydrogen) atoms. The maximum atomic E-state index is 12.2. The molecule has 1 saturated heterocycles. The Morgan fingerprint density at radius 2 is 2.27 bits per heavy atom. The zero-order valence-electron chi connectivity index (χ0n) is 14.7. The normalized spacial score (nSPS) is 22.6. The van der Waals surface area contributed by atoms with Crippen LogP contribution in [-0.4, -0.2) is 56.4 Å². The second kappa shape index (κ2) is 7.67. The van der Waals surface area contributed by atoms with E-state index in [1.54, 1.807) is 10.8 Å². The van der Waals surface area contributed by atoms with Gasteiger partial charge in [0, 0.05) is 32.3 Å². The average molecular weight is 384 g/mol. The van der Waals surface area contributed by atoms with Crippen molar-refractivity contribution in [2.24, 2.45) is 0 Å². The first-order valence-corrected chi connectivity index (χ1v) is 10.4. The molecule has 144 valence electrons. The van der Waals surface area contributed by atoms with E-state index in [0.29, 0.717) is 24.5 Å². The fraction of sp³-hybridized carbons (Fsp3) is 0.625. The van der Waals surface area contributed by atoms with Gasteiger partial charge in [0.25, 0.3) is 5.91 Å². The molecule has 10 heteroatoms. The molecule has 3 N–H and O–H groups in total. The lowest BCUT2D eigenvalue weighted by Crippen LogP contribution is -2.41. The molecule has 1 aromatic heterocycles. The molecule has 0 aromatic carbocycles. The molecular weight excluding hydrogens is 360 g/mol. The summed E-state index contributed by atoms with van der Waals surface area (Å²) in [4.78, 5) is 24.3. The summed E-state index contributed by atoms with van der Waals surface area (Å²) in [7, 11) is -3.44. The second-order valence-corrected chi connectivity index (χ2v) is 8.54. The minimum absolute atomic E-state index is 0.0607. The van der Waals surface area contributed by atoms with Gasteiger partial charge in [0.05, 0.1) is 23.6 Å². The highest BCUT2D eigenvalue weighted by Crippen LogP contribution is 2.25. The van der Waals surface area contributed by atoms with E-state index in [0.717, 1.165) is 19.4 Å². The molecule has 2 amide bonds. The first-order chi connectivity index (χ1) is 12.4. The van der Waals surface area contributed by atoms with Crippen molar-refractivity contribution in [3.63, 3.8) is 0 Å². The van der Waals surface area contributed by atoms with E-state index in [1.807, 2.05) is 0 Å². The molecule has 1 fully saturated rings. The van der Waals surface area contributed by atoms with Crippen LogP contribution in [0.4, 0.5) is 5.69 Å². The van der Waals surface area contributed by atoms with Crippen LogP contribution in [0.1, 0.15) is 42.7 Å². The van der Waals surface area contributed by atoms with Gasteiger partial charge in [-0.3, -0.25) is 14.3 Å². The van der Waals surface area contributed by atoms with Crippen molar-refractivity contribution >= 4 is 27.5 Å². The van der Waals surface area contributed by atoms with Crippen LogP contribution in [0.2, 0.25) is 0 Å². The van der Waals surface area contributed by atoms with Crippen molar-refractivity contribution in [2.45, 2.75) is 38.3 Å². The molecule has 0 radical (unpaired) electrons. The molecule has 0 aliphatic carbocycles. The molecule has 0 spiro atoms. The van der Waals surface area contributed by atoms with Crippen LogP contribution in [0, 0.1) is 0 Å². The summed E-state index contributed by atoms with van der Waals surface area (Å²) >= 11 is 0. The van der Waals surface area contributed by atoms with Crippen molar-refractivity contribution in [1.82, 2.24) is 15.2 Å². The van der Waals surface area contributed by atoms with Crippen LogP contribution in [0.25, 0.3) is 0 Å². The van der Waals surface area contributed by atoms with E-state index >= 15 is 0 Å². The van der Waals surface area contributed by atoms with Crippen molar-refractivity contribution in [3.05, 3.63) is 18.0 Å². The SMILES string of the molecule is CCS(=O)(=O)Nc1cc2n(c1)C(CC(=O)NCC1CCCO1)CNC2=O. The quantitative estimate of drug-likeness (QED) is 0.621. The van der Waals surface area contributed by atoms with Gasteiger partial charge in [-0.2, -0.15) is 0 Å². The predicted molar refractivity (Wildman–Crippen MR) is 95.5 cm³/mol. The van der Waals surface area contributed by atoms with Gasteiger partial charge in [0.1, 0.15) is 5.69 Å². The zero-order valence-corrected chi connectivity index (χ0v) is 15.5. The van der Waals surface area contributed by atoms with Gasteiger partial charge >= 0.3 is 0 Å². The molecule has 1 aromatic rings. The van der Waals surface area contributed by atoms with Gasteiger partial charge in [-0.15, -0.1) is 0 Å². The second-order valence-electron chi connectivity index (χ2n) is 6.53. The molecule has 3 heterocycles. The highest BCUT2D eigenvalue weighted by Gasteiger charge is 2.28. The fourth-order valence-electron chi connectivity index (χ4n) is 3.16. The van der Waals surface area contributed by atoms with Crippen LogP contribution in [0.5, 0.6) is 0 Å². The lowest BCUT2D eigenvalue weighted by molar-refractivity contribution is -0.122. The van der Waals surface area contributed by atoms with E-state index in [4.69, 9.17) is 4.74 Å². The van der Waals surface area contributed by atoms with Gasteiger partial charge in [0.15, 0.2) is 0 Å². The number of aromatic nitrogens is 1. The van der Waals surface area contributed by atoms with Crippen LogP contribution in [-0.2, 0) is 19.6 Å². The fourth-order valence-corrected chi connectivity index (χ4v) is 3.78. The van der Waals surface area contributed by atoms with Crippen molar-refractivity contribution < 1.29 is 22.7 Å². The number of sulfonamides is 1. The zero-order chi connectivity index (χ0) is 18.7. The number of ether oxygens (including phenoxy) is 1. The Morgan fingerprint density at radius 1 is 1.46 bits per heavy atom. The Kier molecular flexibility index (Phi) is 5.52. The Labute approximate surface area is 152 Å². The standard InChI is InChI=1S/C16H24N4O5S/c1-2-26(23,24)19-11-6-14-16(22)18-8-12(20(14)10-11)7-15(21)17-9-13-4-3-5-25-13/h6,10,12-13,19H,2-5,7-9H2,1H3,(H,17,21)(H,18,22). The number of nitrogens with one attached hydrogen (secondary N) is 3. The minimum atomic E-state index is -3.44. The van der Waals surface area contributed by atoms with Crippen LogP contribution >= 0.6 is 0 Å². The van der Waals surface area contributed by atoms with E-state index in [2.05, 4.69) is 15.4 Å². The number of fused-ring (bicyclic) bond motifs is 1. The molecule has 2 unspecified atom stereocenters. The number of amides is 2. The number of hydrogen-bond donors (Lipinski definition) is 3. The number of carbonyl (C=O) groups is 2. The largest absolute Gasteiger partial charge is 0.376 e. The van der Waals surface area contributed by atoms with E-state index in [1.165, 1.54) is 13.0 Å². The maximum Gasteiger partial charge on any atom is 0.268 e. The topological polar surface area (TPSA) is 119 Å². The lowest BCUT2D eigenvalue weighted by atomic mass is 10.1. The monoisotopic (exact) mass is 384 g/mol. The van der Waals surface area contributed by atoms with Gasteiger partial charge < -0.3 is 19.9 Å².